The van der Waals surface area contributed by atoms with Crippen LogP contribution in [-0.2, 0) is 13.1 Å². The fraction of sp³-hybridized carbons (Fsp3) is 0.562. The molecule has 1 rings (SSSR count). The Bertz CT molecular complexity index is 430. The molecule has 0 aliphatic heterocycles. The van der Waals surface area contributed by atoms with E-state index in [9.17, 15) is 9.90 Å². The predicted octanol–water partition coefficient (Wildman–Crippen LogP) is 1.66. The molecule has 0 radical (unpaired) electrons. The van der Waals surface area contributed by atoms with Crippen LogP contribution in [0.5, 0.6) is 0 Å². The van der Waals surface area contributed by atoms with Gasteiger partial charge in [0.15, 0.2) is 0 Å². The Hall–Kier alpha value is -1.59. The summed E-state index contributed by atoms with van der Waals surface area (Å²) in [5.41, 5.74) is 2.33. The molecule has 118 valence electrons. The van der Waals surface area contributed by atoms with Crippen LogP contribution in [-0.4, -0.2) is 54.7 Å². The molecule has 0 heterocycles. The van der Waals surface area contributed by atoms with Gasteiger partial charge >= 0.3 is 6.03 Å². The topological polar surface area (TPSA) is 55.8 Å². The van der Waals surface area contributed by atoms with E-state index in [-0.39, 0.29) is 12.1 Å². The number of urea groups is 1. The van der Waals surface area contributed by atoms with Crippen LogP contribution >= 0.6 is 0 Å². The summed E-state index contributed by atoms with van der Waals surface area (Å²) in [4.78, 5) is 15.6. The molecule has 0 aliphatic rings. The van der Waals surface area contributed by atoms with Crippen molar-refractivity contribution >= 4 is 6.03 Å². The van der Waals surface area contributed by atoms with Gasteiger partial charge in [-0.2, -0.15) is 0 Å². The highest BCUT2D eigenvalue weighted by Crippen LogP contribution is 2.06. The number of carbonyl (C=O) groups excluding carboxylic acids is 1. The minimum absolute atomic E-state index is 0.118. The van der Waals surface area contributed by atoms with Crippen molar-refractivity contribution in [1.82, 2.24) is 15.1 Å². The molecule has 0 fully saturated rings. The Morgan fingerprint density at radius 3 is 2.29 bits per heavy atom. The molecule has 0 saturated carbocycles. The Kier molecular flexibility index (Phi) is 7.19. The third kappa shape index (κ3) is 7.11. The molecule has 1 atom stereocenters. The molecule has 5 nitrogen and oxygen atoms in total. The first-order chi connectivity index (χ1) is 9.88. The highest BCUT2D eigenvalue weighted by Gasteiger charge is 2.08. The first-order valence-electron chi connectivity index (χ1n) is 7.28. The Morgan fingerprint density at radius 1 is 1.19 bits per heavy atom. The molecule has 1 aromatic rings. The zero-order valence-electron chi connectivity index (χ0n) is 13.5. The number of aliphatic hydroxyl groups is 1. The zero-order chi connectivity index (χ0) is 15.8. The summed E-state index contributed by atoms with van der Waals surface area (Å²) in [6.07, 6.45) is 0.202. The van der Waals surface area contributed by atoms with Crippen molar-refractivity contribution in [1.29, 1.82) is 0 Å². The van der Waals surface area contributed by atoms with Crippen molar-refractivity contribution in [3.8, 4) is 0 Å². The van der Waals surface area contributed by atoms with E-state index in [1.807, 2.05) is 26.2 Å². The maximum atomic E-state index is 11.9. The van der Waals surface area contributed by atoms with Crippen LogP contribution in [0.4, 0.5) is 4.79 Å². The second-order valence-corrected chi connectivity index (χ2v) is 5.77. The highest BCUT2D eigenvalue weighted by molar-refractivity contribution is 5.73. The average Bonchev–Trinajstić information content (AvgIpc) is 2.43. The van der Waals surface area contributed by atoms with E-state index in [1.54, 1.807) is 18.9 Å². The maximum absolute atomic E-state index is 11.9. The van der Waals surface area contributed by atoms with E-state index < -0.39 is 0 Å². The number of amides is 2. The number of aliphatic hydroxyl groups excluding tert-OH is 1. The number of nitrogens with one attached hydrogen (secondary N) is 1. The van der Waals surface area contributed by atoms with E-state index in [2.05, 4.69) is 22.3 Å². The van der Waals surface area contributed by atoms with E-state index >= 15 is 0 Å². The number of rotatable bonds is 7. The summed E-state index contributed by atoms with van der Waals surface area (Å²) in [5.74, 6) is 0. The van der Waals surface area contributed by atoms with Gasteiger partial charge < -0.3 is 20.2 Å². The average molecular weight is 293 g/mol. The molecule has 1 unspecified atom stereocenters. The largest absolute Gasteiger partial charge is 0.393 e. The van der Waals surface area contributed by atoms with E-state index in [0.717, 1.165) is 12.1 Å². The summed E-state index contributed by atoms with van der Waals surface area (Å²) in [5, 5.41) is 12.1. The summed E-state index contributed by atoms with van der Waals surface area (Å²) in [6, 6.07) is 8.12. The molecule has 2 amide bonds. The van der Waals surface area contributed by atoms with Gasteiger partial charge in [-0.1, -0.05) is 24.3 Å². The fourth-order valence-corrected chi connectivity index (χ4v) is 1.92. The van der Waals surface area contributed by atoms with Crippen molar-refractivity contribution in [2.75, 3.05) is 27.7 Å². The molecule has 5 heteroatoms. The lowest BCUT2D eigenvalue weighted by Gasteiger charge is -2.18. The minimum atomic E-state index is -0.385. The normalized spacial score (nSPS) is 12.3. The Morgan fingerprint density at radius 2 is 1.76 bits per heavy atom. The second-order valence-electron chi connectivity index (χ2n) is 5.77. The van der Waals surface area contributed by atoms with Crippen LogP contribution in [0.1, 0.15) is 24.5 Å². The summed E-state index contributed by atoms with van der Waals surface area (Å²) in [7, 11) is 5.81. The van der Waals surface area contributed by atoms with Crippen molar-refractivity contribution in [3.63, 3.8) is 0 Å². The Labute approximate surface area is 127 Å². The molecule has 0 aliphatic carbocycles. The molecule has 0 spiro atoms. The summed E-state index contributed by atoms with van der Waals surface area (Å²) >= 11 is 0. The van der Waals surface area contributed by atoms with E-state index in [0.29, 0.717) is 19.5 Å². The van der Waals surface area contributed by atoms with Gasteiger partial charge in [-0.15, -0.1) is 0 Å². The highest BCUT2D eigenvalue weighted by atomic mass is 16.3. The van der Waals surface area contributed by atoms with E-state index in [4.69, 9.17) is 0 Å². The number of nitrogens with zero attached hydrogens (tertiary/aromatic N) is 2. The first kappa shape index (κ1) is 17.5. The summed E-state index contributed by atoms with van der Waals surface area (Å²) in [6.45, 7) is 3.70. The lowest BCUT2D eigenvalue weighted by Crippen LogP contribution is -2.38. The van der Waals surface area contributed by atoms with Gasteiger partial charge in [-0.05, 0) is 38.6 Å². The van der Waals surface area contributed by atoms with Gasteiger partial charge in [0.1, 0.15) is 0 Å². The molecular weight excluding hydrogens is 266 g/mol. The predicted molar refractivity (Wildman–Crippen MR) is 85.0 cm³/mol. The van der Waals surface area contributed by atoms with Gasteiger partial charge in [-0.3, -0.25) is 0 Å². The van der Waals surface area contributed by atoms with Gasteiger partial charge in [0.05, 0.1) is 6.10 Å². The molecule has 1 aromatic carbocycles. The number of hydrogen-bond acceptors (Lipinski definition) is 3. The van der Waals surface area contributed by atoms with Gasteiger partial charge in [0.2, 0.25) is 0 Å². The first-order valence-corrected chi connectivity index (χ1v) is 7.28. The molecule has 0 saturated heterocycles. The Balaban J connectivity index is 2.38. The number of carbonyl (C=O) groups is 1. The third-order valence-corrected chi connectivity index (χ3v) is 3.19. The standard InChI is InChI=1S/C16H27N3O2/c1-13(20)9-10-19(4)16(21)17-11-14-5-7-15(8-6-14)12-18(2)3/h5-8,13,20H,9-12H2,1-4H3,(H,17,21). The summed E-state index contributed by atoms with van der Waals surface area (Å²) < 4.78 is 0. The third-order valence-electron chi connectivity index (χ3n) is 3.19. The molecule has 0 bridgehead atoms. The lowest BCUT2D eigenvalue weighted by atomic mass is 10.1. The van der Waals surface area contributed by atoms with E-state index in [1.165, 1.54) is 5.56 Å². The van der Waals surface area contributed by atoms with Crippen LogP contribution in [0.25, 0.3) is 0 Å². The van der Waals surface area contributed by atoms with Crippen LogP contribution < -0.4 is 5.32 Å². The van der Waals surface area contributed by atoms with Crippen molar-refractivity contribution in [2.24, 2.45) is 0 Å². The monoisotopic (exact) mass is 293 g/mol. The van der Waals surface area contributed by atoms with Crippen LogP contribution in [0.15, 0.2) is 24.3 Å². The van der Waals surface area contributed by atoms with Crippen molar-refractivity contribution < 1.29 is 9.90 Å². The minimum Gasteiger partial charge on any atom is -0.393 e. The van der Waals surface area contributed by atoms with Crippen LogP contribution in [0.3, 0.4) is 0 Å². The zero-order valence-corrected chi connectivity index (χ0v) is 13.5. The number of hydrogen-bond donors (Lipinski definition) is 2. The van der Waals surface area contributed by atoms with Crippen LogP contribution in [0, 0.1) is 0 Å². The molecule has 2 N–H and O–H groups in total. The van der Waals surface area contributed by atoms with Crippen molar-refractivity contribution in [3.05, 3.63) is 35.4 Å². The van der Waals surface area contributed by atoms with Gasteiger partial charge in [0, 0.05) is 26.7 Å². The second kappa shape index (κ2) is 8.64. The lowest BCUT2D eigenvalue weighted by molar-refractivity contribution is 0.163. The van der Waals surface area contributed by atoms with Crippen molar-refractivity contribution in [2.45, 2.75) is 32.5 Å². The van der Waals surface area contributed by atoms with Gasteiger partial charge in [0.25, 0.3) is 0 Å². The fourth-order valence-electron chi connectivity index (χ4n) is 1.92. The quantitative estimate of drug-likeness (QED) is 0.804. The molecule has 21 heavy (non-hydrogen) atoms. The number of benzene rings is 1. The van der Waals surface area contributed by atoms with Crippen LogP contribution in [0.2, 0.25) is 0 Å². The smallest absolute Gasteiger partial charge is 0.317 e. The SMILES string of the molecule is CC(O)CCN(C)C(=O)NCc1ccc(CN(C)C)cc1. The molecule has 0 aromatic heterocycles. The maximum Gasteiger partial charge on any atom is 0.317 e. The molecular formula is C16H27N3O2. The van der Waals surface area contributed by atoms with Gasteiger partial charge in [-0.25, -0.2) is 4.79 Å².